The normalized spacial score (nSPS) is 19.8. The van der Waals surface area contributed by atoms with Gasteiger partial charge in [0.15, 0.2) is 11.2 Å². The summed E-state index contributed by atoms with van der Waals surface area (Å²) in [6.07, 6.45) is 8.06. The van der Waals surface area contributed by atoms with Crippen LogP contribution in [0.4, 0.5) is 9.52 Å². The molecule has 48 heavy (non-hydrogen) atoms. The van der Waals surface area contributed by atoms with E-state index in [-0.39, 0.29) is 19.1 Å². The van der Waals surface area contributed by atoms with Crippen molar-refractivity contribution in [2.24, 2.45) is 5.41 Å². The first-order valence-corrected chi connectivity index (χ1v) is 17.8. The monoisotopic (exact) mass is 709 g/mol. The van der Waals surface area contributed by atoms with Crippen LogP contribution in [-0.2, 0) is 17.8 Å². The highest BCUT2D eigenvalue weighted by Crippen LogP contribution is 2.49. The number of imidazole rings is 1. The number of likely N-dealkylation sites (tertiary alicyclic amines) is 1. The molecule has 2 fully saturated rings. The molecule has 0 radical (unpaired) electrons. The first-order chi connectivity index (χ1) is 23.2. The summed E-state index contributed by atoms with van der Waals surface area (Å²) in [5, 5.41) is 20.9. The molecule has 10 nitrogen and oxygen atoms in total. The van der Waals surface area contributed by atoms with Gasteiger partial charge in [-0.3, -0.25) is 19.7 Å². The third kappa shape index (κ3) is 5.98. The fourth-order valence-corrected chi connectivity index (χ4v) is 8.52. The molecule has 1 amide bonds. The van der Waals surface area contributed by atoms with E-state index in [1.807, 2.05) is 24.3 Å². The highest BCUT2D eigenvalue weighted by molar-refractivity contribution is 7.13. The highest BCUT2D eigenvalue weighted by Gasteiger charge is 2.45. The number of halogens is 3. The molecule has 1 spiro atoms. The van der Waals surface area contributed by atoms with Crippen LogP contribution in [0.1, 0.15) is 43.1 Å². The lowest BCUT2D eigenvalue weighted by molar-refractivity contribution is -0.118. The zero-order valence-corrected chi connectivity index (χ0v) is 28.3. The summed E-state index contributed by atoms with van der Waals surface area (Å²) in [5.41, 5.74) is 3.42. The molecular formula is C34H34Cl2FN7O3S. The molecule has 250 valence electrons. The molecule has 3 aliphatic rings. The molecule has 1 aliphatic carbocycles. The van der Waals surface area contributed by atoms with E-state index in [2.05, 4.69) is 20.2 Å². The van der Waals surface area contributed by atoms with Crippen LogP contribution in [-0.4, -0.2) is 78.7 Å². The fraction of sp³-hybridized carbons (Fsp3) is 0.412. The van der Waals surface area contributed by atoms with Crippen molar-refractivity contribution in [3.63, 3.8) is 0 Å². The lowest BCUT2D eigenvalue weighted by Gasteiger charge is -2.50. The number of alkyl halides is 1. The number of benzene rings is 2. The molecule has 2 N–H and O–H groups in total. The maximum Gasteiger partial charge on any atom is 0.257 e. The van der Waals surface area contributed by atoms with E-state index >= 15 is 0 Å². The van der Waals surface area contributed by atoms with Gasteiger partial charge in [-0.2, -0.15) is 5.10 Å². The van der Waals surface area contributed by atoms with Gasteiger partial charge in [-0.05, 0) is 68.0 Å². The average Bonchev–Trinajstić information content (AvgIpc) is 3.87. The van der Waals surface area contributed by atoms with Crippen molar-refractivity contribution in [1.29, 1.82) is 0 Å². The number of aliphatic hydroxyl groups is 1. The van der Waals surface area contributed by atoms with E-state index in [0.29, 0.717) is 55.1 Å². The lowest BCUT2D eigenvalue weighted by Crippen LogP contribution is -2.49. The number of aliphatic hydroxyl groups excluding tert-OH is 1. The molecule has 1 saturated heterocycles. The second-order valence-corrected chi connectivity index (χ2v) is 14.8. The minimum atomic E-state index is -1.05. The number of hydrogen-bond acceptors (Lipinski definition) is 8. The number of rotatable bonds is 9. The summed E-state index contributed by atoms with van der Waals surface area (Å²) in [5.74, 6) is 0.353. The number of nitrogens with zero attached hydrogens (tertiary/aromatic N) is 6. The molecule has 1 saturated carbocycles. The van der Waals surface area contributed by atoms with E-state index in [0.717, 1.165) is 56.6 Å². The van der Waals surface area contributed by atoms with E-state index in [9.17, 15) is 14.3 Å². The van der Waals surface area contributed by atoms with Gasteiger partial charge in [0, 0.05) is 47.4 Å². The first-order valence-electron chi connectivity index (χ1n) is 16.1. The number of carbonyl (C=O) groups excluding carboxylic acids is 1. The third-order valence-corrected chi connectivity index (χ3v) is 11.4. The molecule has 3 aromatic heterocycles. The first kappa shape index (κ1) is 31.7. The maximum atomic E-state index is 14.4. The summed E-state index contributed by atoms with van der Waals surface area (Å²) in [7, 11) is 0. The number of aromatic nitrogens is 5. The SMILES string of the molecule is O=C(Nc1nccs1)C(c1ncn2c1C[C@@H](F)C2)n1cc2c(Cl)cc(-c3ccc(OCCN4CCC5(CC4)CC(O)C5)cc3)c(Cl)c2n1. The van der Waals surface area contributed by atoms with Crippen molar-refractivity contribution in [2.45, 2.75) is 57.0 Å². The fourth-order valence-electron chi connectivity index (χ4n) is 7.44. The Kier molecular flexibility index (Phi) is 8.40. The van der Waals surface area contributed by atoms with Crippen LogP contribution in [0.25, 0.3) is 22.0 Å². The van der Waals surface area contributed by atoms with Gasteiger partial charge in [0.05, 0.1) is 34.7 Å². The van der Waals surface area contributed by atoms with Crippen molar-refractivity contribution < 1.29 is 19.0 Å². The van der Waals surface area contributed by atoms with Crippen LogP contribution >= 0.6 is 34.5 Å². The van der Waals surface area contributed by atoms with Gasteiger partial charge in [-0.1, -0.05) is 35.3 Å². The van der Waals surface area contributed by atoms with Crippen molar-refractivity contribution >= 4 is 56.5 Å². The topological polar surface area (TPSA) is 110 Å². The van der Waals surface area contributed by atoms with E-state index < -0.39 is 18.1 Å². The number of nitrogens with one attached hydrogen (secondary N) is 1. The molecule has 1 unspecified atom stereocenters. The minimum Gasteiger partial charge on any atom is -0.492 e. The summed E-state index contributed by atoms with van der Waals surface area (Å²) >= 11 is 15.1. The van der Waals surface area contributed by atoms with Gasteiger partial charge in [-0.15, -0.1) is 11.3 Å². The molecular weight excluding hydrogens is 676 g/mol. The summed E-state index contributed by atoms with van der Waals surface area (Å²) in [6, 6.07) is 8.50. The van der Waals surface area contributed by atoms with Crippen molar-refractivity contribution in [2.75, 3.05) is 31.6 Å². The predicted molar refractivity (Wildman–Crippen MR) is 184 cm³/mol. The Hall–Kier alpha value is -3.55. The van der Waals surface area contributed by atoms with Gasteiger partial charge in [-0.25, -0.2) is 14.4 Å². The summed E-state index contributed by atoms with van der Waals surface area (Å²) in [4.78, 5) is 24.9. The number of hydrogen-bond donors (Lipinski definition) is 2. The molecule has 2 atom stereocenters. The quantitative estimate of drug-likeness (QED) is 0.182. The number of ether oxygens (including phenoxy) is 1. The molecule has 0 bridgehead atoms. The highest BCUT2D eigenvalue weighted by atomic mass is 35.5. The van der Waals surface area contributed by atoms with Crippen LogP contribution in [0.5, 0.6) is 5.75 Å². The number of fused-ring (bicyclic) bond motifs is 2. The Morgan fingerprint density at radius 1 is 1.19 bits per heavy atom. The molecule has 8 rings (SSSR count). The van der Waals surface area contributed by atoms with Crippen LogP contribution in [0, 0.1) is 5.41 Å². The maximum absolute atomic E-state index is 14.4. The number of anilines is 1. The largest absolute Gasteiger partial charge is 0.492 e. The van der Waals surface area contributed by atoms with E-state index in [1.54, 1.807) is 34.7 Å². The van der Waals surface area contributed by atoms with Crippen LogP contribution in [0.3, 0.4) is 0 Å². The number of carbonyl (C=O) groups is 1. The van der Waals surface area contributed by atoms with E-state index in [4.69, 9.17) is 33.0 Å². The molecule has 2 aromatic carbocycles. The van der Waals surface area contributed by atoms with Crippen LogP contribution in [0.15, 0.2) is 54.4 Å². The number of thiazole rings is 1. The Morgan fingerprint density at radius 3 is 2.71 bits per heavy atom. The van der Waals surface area contributed by atoms with Gasteiger partial charge in [0.1, 0.15) is 24.0 Å². The molecule has 14 heteroatoms. The van der Waals surface area contributed by atoms with E-state index in [1.165, 1.54) is 16.0 Å². The van der Waals surface area contributed by atoms with Crippen molar-refractivity contribution in [3.05, 3.63) is 75.9 Å². The zero-order chi connectivity index (χ0) is 33.0. The minimum absolute atomic E-state index is 0.102. The van der Waals surface area contributed by atoms with Crippen molar-refractivity contribution in [1.82, 2.24) is 29.2 Å². The Bertz CT molecular complexity index is 1950. The Labute approximate surface area is 290 Å². The molecule has 5 heterocycles. The second-order valence-electron chi connectivity index (χ2n) is 13.1. The van der Waals surface area contributed by atoms with Crippen LogP contribution < -0.4 is 10.1 Å². The Morgan fingerprint density at radius 2 is 1.98 bits per heavy atom. The standard InChI is InChI=1S/C34H34Cl2FN7O3S/c35-26-14-24(20-1-3-23(4-2-20)47-11-10-42-8-5-34(6-9-42)15-22(45)16-34)28(36)29-25(26)18-44(41-29)31(32(46)40-33-38-7-12-48-33)30-27-13-21(37)17-43(27)19-39-30/h1-4,7,12,14,18-19,21-22,31,45H,5-6,8-11,13,15-17H2,(H,38,40,46)/t21-,31?/m1/s1. The second kappa shape index (κ2) is 12.7. The zero-order valence-electron chi connectivity index (χ0n) is 26.0. The summed E-state index contributed by atoms with van der Waals surface area (Å²) in [6.45, 7) is 3.74. The van der Waals surface area contributed by atoms with Gasteiger partial charge >= 0.3 is 0 Å². The molecule has 2 aliphatic heterocycles. The third-order valence-electron chi connectivity index (χ3n) is 10.0. The smallest absolute Gasteiger partial charge is 0.257 e. The van der Waals surface area contributed by atoms with Gasteiger partial charge in [0.2, 0.25) is 0 Å². The molecule has 5 aromatic rings. The van der Waals surface area contributed by atoms with Crippen LogP contribution in [0.2, 0.25) is 10.0 Å². The van der Waals surface area contributed by atoms with Gasteiger partial charge < -0.3 is 14.4 Å². The predicted octanol–water partition coefficient (Wildman–Crippen LogP) is 6.40. The lowest BCUT2D eigenvalue weighted by atomic mass is 9.61. The number of piperidine rings is 1. The van der Waals surface area contributed by atoms with Crippen molar-refractivity contribution in [3.8, 4) is 16.9 Å². The summed E-state index contributed by atoms with van der Waals surface area (Å²) < 4.78 is 23.7. The Balaban J connectivity index is 1.01. The average molecular weight is 711 g/mol. The van der Waals surface area contributed by atoms with Gasteiger partial charge in [0.25, 0.3) is 5.91 Å². The number of amides is 1.